The Balaban J connectivity index is 1.56. The summed E-state index contributed by atoms with van der Waals surface area (Å²) in [5.74, 6) is 0.0290. The second kappa shape index (κ2) is 7.98. The number of nitrogens with zero attached hydrogens (tertiary/aromatic N) is 6. The van der Waals surface area contributed by atoms with Crippen molar-refractivity contribution in [2.75, 3.05) is 11.1 Å². The van der Waals surface area contributed by atoms with Crippen molar-refractivity contribution in [1.82, 2.24) is 29.7 Å². The van der Waals surface area contributed by atoms with E-state index in [-0.39, 0.29) is 24.3 Å². The van der Waals surface area contributed by atoms with E-state index in [1.165, 1.54) is 0 Å². The number of aromatic nitrogens is 6. The Morgan fingerprint density at radius 3 is 2.68 bits per heavy atom. The number of carbonyl (C=O) groups is 1. The molecule has 0 fully saturated rings. The van der Waals surface area contributed by atoms with Gasteiger partial charge in [0.25, 0.3) is 0 Å². The highest BCUT2D eigenvalue weighted by Gasteiger charge is 2.19. The molecule has 0 radical (unpaired) electrons. The molecule has 0 amide bonds. The molecule has 3 N–H and O–H groups in total. The third-order valence-electron chi connectivity index (χ3n) is 4.74. The number of benzene rings is 1. The van der Waals surface area contributed by atoms with Crippen molar-refractivity contribution >= 4 is 34.6 Å². The lowest BCUT2D eigenvalue weighted by Gasteiger charge is -2.10. The molecule has 31 heavy (non-hydrogen) atoms. The van der Waals surface area contributed by atoms with Gasteiger partial charge in [0.15, 0.2) is 18.1 Å². The lowest BCUT2D eigenvalue weighted by molar-refractivity contribution is 0.0464. The third kappa shape index (κ3) is 4.13. The van der Waals surface area contributed by atoms with Gasteiger partial charge in [-0.15, -0.1) is 0 Å². The minimum absolute atomic E-state index is 0.0300. The molecular weight excluding hydrogens is 396 g/mol. The van der Waals surface area contributed by atoms with Crippen molar-refractivity contribution in [3.05, 3.63) is 58.7 Å². The molecule has 0 aliphatic carbocycles. The minimum atomic E-state index is -0.515. The molecular formula is C21H22N8O2. The van der Waals surface area contributed by atoms with Crippen LogP contribution < -0.4 is 11.1 Å². The lowest BCUT2D eigenvalue weighted by Crippen LogP contribution is -2.12. The number of nitrogen functional groups attached to an aromatic ring is 1. The zero-order chi connectivity index (χ0) is 22.1. The second-order valence-electron chi connectivity index (χ2n) is 7.17. The molecule has 0 bridgehead atoms. The molecule has 1 aromatic carbocycles. The number of nitrogens with two attached hydrogens (primary N) is 1. The van der Waals surface area contributed by atoms with E-state index < -0.39 is 5.97 Å². The molecule has 4 rings (SSSR count). The smallest absolute Gasteiger partial charge is 0.339 e. The first kappa shape index (κ1) is 20.2. The Bertz CT molecular complexity index is 1300. The van der Waals surface area contributed by atoms with Crippen molar-refractivity contribution < 1.29 is 9.53 Å². The zero-order valence-electron chi connectivity index (χ0n) is 17.7. The van der Waals surface area contributed by atoms with Gasteiger partial charge in [0, 0.05) is 18.4 Å². The summed E-state index contributed by atoms with van der Waals surface area (Å²) >= 11 is 0. The highest BCUT2D eigenvalue weighted by Crippen LogP contribution is 2.23. The lowest BCUT2D eigenvalue weighted by atomic mass is 10.1. The summed E-state index contributed by atoms with van der Waals surface area (Å²) in [7, 11) is 1.79. The van der Waals surface area contributed by atoms with Crippen LogP contribution in [0.2, 0.25) is 0 Å². The van der Waals surface area contributed by atoms with E-state index >= 15 is 0 Å². The number of aryl methyl sites for hydroxylation is 4. The average Bonchev–Trinajstić information content (AvgIpc) is 3.00. The molecule has 0 atom stereocenters. The summed E-state index contributed by atoms with van der Waals surface area (Å²) in [5.41, 5.74) is 10.1. The second-order valence-corrected chi connectivity index (χ2v) is 7.17. The van der Waals surface area contributed by atoms with Crippen molar-refractivity contribution in [3.8, 4) is 0 Å². The number of esters is 1. The van der Waals surface area contributed by atoms with Crippen LogP contribution in [0, 0.1) is 20.8 Å². The predicted octanol–water partition coefficient (Wildman–Crippen LogP) is 2.76. The summed E-state index contributed by atoms with van der Waals surface area (Å²) in [6, 6.07) is 9.40. The number of hydrogen-bond donors (Lipinski definition) is 2. The Morgan fingerprint density at radius 2 is 1.90 bits per heavy atom. The van der Waals surface area contributed by atoms with E-state index in [1.54, 1.807) is 17.8 Å². The molecule has 3 aromatic heterocycles. The van der Waals surface area contributed by atoms with Crippen LogP contribution in [0.1, 0.15) is 33.1 Å². The average molecular weight is 418 g/mol. The molecule has 0 aliphatic rings. The number of hydrogen-bond acceptors (Lipinski definition) is 9. The molecule has 158 valence electrons. The zero-order valence-corrected chi connectivity index (χ0v) is 17.7. The van der Waals surface area contributed by atoms with Gasteiger partial charge >= 0.3 is 5.97 Å². The van der Waals surface area contributed by atoms with Crippen LogP contribution in [0.15, 0.2) is 30.3 Å². The molecule has 0 saturated carbocycles. The first-order valence-electron chi connectivity index (χ1n) is 9.63. The van der Waals surface area contributed by atoms with Gasteiger partial charge in [-0.3, -0.25) is 4.68 Å². The number of carbonyl (C=O) groups excluding carboxylic acids is 1. The number of fused-ring (bicyclic) bond motifs is 1. The molecule has 0 saturated heterocycles. The molecule has 10 heteroatoms. The van der Waals surface area contributed by atoms with Gasteiger partial charge in [0.2, 0.25) is 11.9 Å². The fraction of sp³-hybridized carbons (Fsp3) is 0.238. The third-order valence-corrected chi connectivity index (χ3v) is 4.74. The molecule has 0 aliphatic heterocycles. The number of anilines is 3. The Labute approximate surface area is 178 Å². The van der Waals surface area contributed by atoms with E-state index in [1.807, 2.05) is 45.0 Å². The summed E-state index contributed by atoms with van der Waals surface area (Å²) in [6.45, 7) is 5.45. The summed E-state index contributed by atoms with van der Waals surface area (Å²) in [4.78, 5) is 29.8. The topological polar surface area (TPSA) is 134 Å². The number of pyridine rings is 1. The van der Waals surface area contributed by atoms with E-state index in [0.717, 1.165) is 11.3 Å². The van der Waals surface area contributed by atoms with Crippen LogP contribution in [0.25, 0.3) is 11.0 Å². The van der Waals surface area contributed by atoms with Gasteiger partial charge < -0.3 is 15.8 Å². The highest BCUT2D eigenvalue weighted by atomic mass is 16.5. The predicted molar refractivity (Wildman–Crippen MR) is 116 cm³/mol. The largest absolute Gasteiger partial charge is 0.454 e. The summed E-state index contributed by atoms with van der Waals surface area (Å²) < 4.78 is 7.13. The fourth-order valence-corrected chi connectivity index (χ4v) is 3.33. The van der Waals surface area contributed by atoms with Gasteiger partial charge in [0.05, 0.1) is 16.6 Å². The van der Waals surface area contributed by atoms with Gasteiger partial charge in [0.1, 0.15) is 0 Å². The quantitative estimate of drug-likeness (QED) is 0.469. The molecule has 10 nitrogen and oxygen atoms in total. The van der Waals surface area contributed by atoms with Crippen molar-refractivity contribution in [2.45, 2.75) is 27.4 Å². The summed E-state index contributed by atoms with van der Waals surface area (Å²) in [5, 5.41) is 8.13. The maximum absolute atomic E-state index is 12.8. The Kier molecular flexibility index (Phi) is 5.20. The normalized spacial score (nSPS) is 11.0. The van der Waals surface area contributed by atoms with Crippen LogP contribution in [-0.2, 0) is 18.4 Å². The van der Waals surface area contributed by atoms with Crippen molar-refractivity contribution in [1.29, 1.82) is 0 Å². The first-order chi connectivity index (χ1) is 14.8. The number of ether oxygens (including phenoxy) is 1. The molecule has 3 heterocycles. The maximum Gasteiger partial charge on any atom is 0.339 e. The highest BCUT2D eigenvalue weighted by molar-refractivity contribution is 6.03. The SMILES string of the molecule is Cc1cc(C(=O)OCc2nc(N)nc(Nc3ccccc3C)n2)c2c(C)nn(C)c2n1. The molecule has 0 spiro atoms. The van der Waals surface area contributed by atoms with Crippen LogP contribution in [0.5, 0.6) is 0 Å². The van der Waals surface area contributed by atoms with Crippen LogP contribution in [0.4, 0.5) is 17.6 Å². The van der Waals surface area contributed by atoms with E-state index in [4.69, 9.17) is 10.5 Å². The van der Waals surface area contributed by atoms with Crippen molar-refractivity contribution in [3.63, 3.8) is 0 Å². The van der Waals surface area contributed by atoms with E-state index in [0.29, 0.717) is 28.0 Å². The van der Waals surface area contributed by atoms with Crippen LogP contribution in [0.3, 0.4) is 0 Å². The fourth-order valence-electron chi connectivity index (χ4n) is 3.33. The molecule has 0 unspecified atom stereocenters. The van der Waals surface area contributed by atoms with Crippen LogP contribution in [-0.4, -0.2) is 35.7 Å². The monoisotopic (exact) mass is 418 g/mol. The number of para-hydroxylation sites is 1. The van der Waals surface area contributed by atoms with Crippen LogP contribution >= 0.6 is 0 Å². The minimum Gasteiger partial charge on any atom is -0.454 e. The standard InChI is InChI=1S/C21H22N8O2/c1-11-7-5-6-8-15(11)24-21-26-16(25-20(22)27-21)10-31-19(30)14-9-12(2)23-18-17(14)13(3)28-29(18)4/h5-9H,10H2,1-4H3,(H3,22,24,25,26,27). The van der Waals surface area contributed by atoms with Gasteiger partial charge in [-0.1, -0.05) is 18.2 Å². The number of nitrogens with one attached hydrogen (secondary N) is 1. The maximum atomic E-state index is 12.8. The van der Waals surface area contributed by atoms with Crippen molar-refractivity contribution in [2.24, 2.45) is 7.05 Å². The van der Waals surface area contributed by atoms with E-state index in [2.05, 4.69) is 30.4 Å². The molecule has 4 aromatic rings. The Morgan fingerprint density at radius 1 is 1.13 bits per heavy atom. The van der Waals surface area contributed by atoms with Gasteiger partial charge in [-0.25, -0.2) is 9.78 Å². The van der Waals surface area contributed by atoms with E-state index in [9.17, 15) is 4.79 Å². The summed E-state index contributed by atoms with van der Waals surface area (Å²) in [6.07, 6.45) is 0. The van der Waals surface area contributed by atoms with Gasteiger partial charge in [-0.05, 0) is 38.5 Å². The number of rotatable bonds is 5. The Hall–Kier alpha value is -4.08. The first-order valence-corrected chi connectivity index (χ1v) is 9.63. The van der Waals surface area contributed by atoms with Gasteiger partial charge in [-0.2, -0.15) is 20.1 Å².